The van der Waals surface area contributed by atoms with E-state index in [0.717, 1.165) is 44.9 Å². The summed E-state index contributed by atoms with van der Waals surface area (Å²) in [5, 5.41) is 23.7. The number of aliphatic hydroxyl groups is 2. The van der Waals surface area contributed by atoms with E-state index in [1.807, 2.05) is 0 Å². The molecule has 0 saturated heterocycles. The van der Waals surface area contributed by atoms with Crippen LogP contribution < -0.4 is 5.32 Å². The van der Waals surface area contributed by atoms with Crippen molar-refractivity contribution in [3.63, 3.8) is 0 Å². The standard InChI is InChI=1S/C51H103NO6S/c1-3-5-7-9-11-13-15-17-19-21-23-25-27-29-31-33-35-37-39-41-43-45-49(53)48(47-59(56,57)58)52-51(55)50(54)46-44-42-40-38-36-34-32-30-28-26-24-22-20-18-16-14-12-10-8-6-4-2/h48-50,53-54H,3-47H2,1-2H3,(H,52,55)(H,56,57,58). The van der Waals surface area contributed by atoms with Crippen LogP contribution in [-0.4, -0.2) is 53.1 Å². The molecule has 1 amide bonds. The molecule has 7 nitrogen and oxygen atoms in total. The largest absolute Gasteiger partial charge is 0.391 e. The van der Waals surface area contributed by atoms with E-state index in [4.69, 9.17) is 0 Å². The van der Waals surface area contributed by atoms with Crippen LogP contribution in [-0.2, 0) is 14.9 Å². The Hall–Kier alpha value is -0.700. The number of aliphatic hydroxyl groups excluding tert-OH is 2. The molecule has 0 saturated carbocycles. The minimum Gasteiger partial charge on any atom is -0.391 e. The number of unbranched alkanes of at least 4 members (excludes halogenated alkanes) is 40. The number of amides is 1. The molecule has 0 rings (SSSR count). The fourth-order valence-electron chi connectivity index (χ4n) is 8.64. The average Bonchev–Trinajstić information content (AvgIpc) is 3.21. The zero-order valence-corrected chi connectivity index (χ0v) is 40.3. The molecule has 0 aliphatic heterocycles. The molecule has 0 aromatic carbocycles. The van der Waals surface area contributed by atoms with Gasteiger partial charge in [-0.15, -0.1) is 0 Å². The van der Waals surface area contributed by atoms with E-state index >= 15 is 0 Å². The molecule has 0 aliphatic carbocycles. The first-order valence-electron chi connectivity index (χ1n) is 26.3. The van der Waals surface area contributed by atoms with Crippen molar-refractivity contribution >= 4 is 16.0 Å². The zero-order valence-electron chi connectivity index (χ0n) is 39.5. The molecule has 354 valence electrons. The van der Waals surface area contributed by atoms with E-state index in [-0.39, 0.29) is 0 Å². The van der Waals surface area contributed by atoms with Crippen LogP contribution in [0.1, 0.15) is 296 Å². The Bertz CT molecular complexity index is 962. The molecule has 0 spiro atoms. The summed E-state index contributed by atoms with van der Waals surface area (Å²) >= 11 is 0. The van der Waals surface area contributed by atoms with Gasteiger partial charge in [-0.05, 0) is 12.8 Å². The monoisotopic (exact) mass is 858 g/mol. The van der Waals surface area contributed by atoms with Gasteiger partial charge in [-0.2, -0.15) is 8.42 Å². The highest BCUT2D eigenvalue weighted by Crippen LogP contribution is 2.18. The first-order valence-corrected chi connectivity index (χ1v) is 27.9. The summed E-state index contributed by atoms with van der Waals surface area (Å²) in [5.74, 6) is -1.43. The van der Waals surface area contributed by atoms with Crippen LogP contribution in [0.15, 0.2) is 0 Å². The maximum atomic E-state index is 12.7. The predicted octanol–water partition coefficient (Wildman–Crippen LogP) is 15.3. The van der Waals surface area contributed by atoms with E-state index in [0.29, 0.717) is 12.8 Å². The number of rotatable bonds is 49. The number of hydrogen-bond donors (Lipinski definition) is 4. The van der Waals surface area contributed by atoms with Gasteiger partial charge < -0.3 is 15.5 Å². The second-order valence-corrected chi connectivity index (χ2v) is 20.2. The summed E-state index contributed by atoms with van der Waals surface area (Å²) in [6.07, 6.45) is 52.8. The van der Waals surface area contributed by atoms with E-state index < -0.39 is 40.0 Å². The third-order valence-corrected chi connectivity index (χ3v) is 13.4. The van der Waals surface area contributed by atoms with Crippen molar-refractivity contribution in [3.8, 4) is 0 Å². The second-order valence-electron chi connectivity index (χ2n) is 18.7. The van der Waals surface area contributed by atoms with E-state index in [1.54, 1.807) is 0 Å². The van der Waals surface area contributed by atoms with E-state index in [2.05, 4.69) is 19.2 Å². The third-order valence-electron chi connectivity index (χ3n) is 12.7. The van der Waals surface area contributed by atoms with Gasteiger partial charge in [0, 0.05) is 0 Å². The van der Waals surface area contributed by atoms with E-state index in [1.165, 1.54) is 225 Å². The van der Waals surface area contributed by atoms with Crippen LogP contribution in [0.4, 0.5) is 0 Å². The lowest BCUT2D eigenvalue weighted by Crippen LogP contribution is -2.50. The minimum absolute atomic E-state index is 0.305. The van der Waals surface area contributed by atoms with Crippen molar-refractivity contribution in [2.45, 2.75) is 315 Å². The Labute approximate surface area is 368 Å². The third kappa shape index (κ3) is 45.1. The summed E-state index contributed by atoms with van der Waals surface area (Å²) in [7, 11) is -4.41. The Balaban J connectivity index is 3.79. The zero-order chi connectivity index (χ0) is 43.3. The molecule has 0 heterocycles. The van der Waals surface area contributed by atoms with Gasteiger partial charge in [0.2, 0.25) is 5.91 Å². The SMILES string of the molecule is CCCCCCCCCCCCCCCCCCCCCCCC(O)C(=O)NC(CS(=O)(=O)O)C(O)CCCCCCCCCCCCCCCCCCCCCCC. The normalized spacial score (nSPS) is 13.5. The molecule has 59 heavy (non-hydrogen) atoms. The predicted molar refractivity (Wildman–Crippen MR) is 255 cm³/mol. The first kappa shape index (κ1) is 58.3. The lowest BCUT2D eigenvalue weighted by Gasteiger charge is -2.24. The summed E-state index contributed by atoms with van der Waals surface area (Å²) in [6.45, 7) is 4.56. The lowest BCUT2D eigenvalue weighted by molar-refractivity contribution is -0.131. The van der Waals surface area contributed by atoms with Crippen molar-refractivity contribution in [2.24, 2.45) is 0 Å². The number of carbonyl (C=O) groups is 1. The fourth-order valence-corrected chi connectivity index (χ4v) is 9.40. The molecule has 0 aromatic heterocycles. The Morgan fingerprint density at radius 1 is 0.390 bits per heavy atom. The van der Waals surface area contributed by atoms with Gasteiger partial charge in [-0.1, -0.05) is 284 Å². The highest BCUT2D eigenvalue weighted by molar-refractivity contribution is 7.85. The van der Waals surface area contributed by atoms with Crippen molar-refractivity contribution in [3.05, 3.63) is 0 Å². The summed E-state index contributed by atoms with van der Waals surface area (Å²) in [4.78, 5) is 12.7. The van der Waals surface area contributed by atoms with Gasteiger partial charge in [0.25, 0.3) is 10.1 Å². The summed E-state index contributed by atoms with van der Waals surface area (Å²) < 4.78 is 32.8. The quantitative estimate of drug-likeness (QED) is 0.0357. The van der Waals surface area contributed by atoms with Gasteiger partial charge >= 0.3 is 0 Å². The smallest absolute Gasteiger partial charge is 0.266 e. The fraction of sp³-hybridized carbons (Fsp3) is 0.980. The molecule has 0 aromatic rings. The van der Waals surface area contributed by atoms with Crippen molar-refractivity contribution < 1.29 is 28.0 Å². The Morgan fingerprint density at radius 2 is 0.610 bits per heavy atom. The topological polar surface area (TPSA) is 124 Å². The van der Waals surface area contributed by atoms with Crippen LogP contribution in [0.3, 0.4) is 0 Å². The van der Waals surface area contributed by atoms with Crippen molar-refractivity contribution in [1.82, 2.24) is 5.32 Å². The van der Waals surface area contributed by atoms with Gasteiger partial charge in [-0.25, -0.2) is 0 Å². The average molecular weight is 858 g/mol. The molecular formula is C51H103NO6S. The molecule has 8 heteroatoms. The Kier molecular flexibility index (Phi) is 44.8. The maximum Gasteiger partial charge on any atom is 0.266 e. The lowest BCUT2D eigenvalue weighted by atomic mass is 10.0. The minimum atomic E-state index is -4.41. The summed E-state index contributed by atoms with van der Waals surface area (Å²) in [6, 6.07) is -1.14. The van der Waals surface area contributed by atoms with Crippen molar-refractivity contribution in [1.29, 1.82) is 0 Å². The van der Waals surface area contributed by atoms with Gasteiger partial charge in [0.1, 0.15) is 6.10 Å². The molecule has 0 radical (unpaired) electrons. The number of carbonyl (C=O) groups excluding carboxylic acids is 1. The molecule has 4 N–H and O–H groups in total. The molecule has 0 bridgehead atoms. The highest BCUT2D eigenvalue weighted by Gasteiger charge is 2.28. The molecule has 3 atom stereocenters. The molecular weight excluding hydrogens is 755 g/mol. The Morgan fingerprint density at radius 3 is 0.847 bits per heavy atom. The number of hydrogen-bond acceptors (Lipinski definition) is 5. The van der Waals surface area contributed by atoms with Crippen LogP contribution >= 0.6 is 0 Å². The summed E-state index contributed by atoms with van der Waals surface area (Å²) in [5.41, 5.74) is 0. The first-order chi connectivity index (χ1) is 28.7. The van der Waals surface area contributed by atoms with Crippen LogP contribution in [0.25, 0.3) is 0 Å². The van der Waals surface area contributed by atoms with Gasteiger partial charge in [0.05, 0.1) is 17.9 Å². The van der Waals surface area contributed by atoms with E-state index in [9.17, 15) is 28.0 Å². The van der Waals surface area contributed by atoms with Crippen LogP contribution in [0, 0.1) is 0 Å². The van der Waals surface area contributed by atoms with Gasteiger partial charge in [0.15, 0.2) is 0 Å². The number of nitrogens with one attached hydrogen (secondary N) is 1. The molecule has 0 aliphatic rings. The van der Waals surface area contributed by atoms with Crippen LogP contribution in [0.2, 0.25) is 0 Å². The molecule has 3 unspecified atom stereocenters. The van der Waals surface area contributed by atoms with Crippen LogP contribution in [0.5, 0.6) is 0 Å². The highest BCUT2D eigenvalue weighted by atomic mass is 32.2. The second kappa shape index (κ2) is 45.3. The maximum absolute atomic E-state index is 12.7. The molecule has 0 fully saturated rings. The van der Waals surface area contributed by atoms with Gasteiger partial charge in [-0.3, -0.25) is 9.35 Å². The van der Waals surface area contributed by atoms with Crippen molar-refractivity contribution in [2.75, 3.05) is 5.75 Å².